The van der Waals surface area contributed by atoms with Crippen LogP contribution in [0.25, 0.3) is 0 Å². The van der Waals surface area contributed by atoms with E-state index in [0.717, 1.165) is 29.7 Å². The van der Waals surface area contributed by atoms with Crippen molar-refractivity contribution < 1.29 is 19.2 Å². The average molecular weight is 416 g/mol. The van der Waals surface area contributed by atoms with Crippen molar-refractivity contribution in [2.24, 2.45) is 11.3 Å². The second-order valence-electron chi connectivity index (χ2n) is 8.23. The molecule has 1 unspecified atom stereocenters. The van der Waals surface area contributed by atoms with Gasteiger partial charge in [-0.05, 0) is 42.2 Å². The average Bonchev–Trinajstić information content (AvgIpc) is 3.03. The number of amides is 1. The molecule has 1 atom stereocenters. The van der Waals surface area contributed by atoms with Crippen LogP contribution in [0.5, 0.6) is 0 Å². The Morgan fingerprint density at radius 1 is 1.28 bits per heavy atom. The molecular formula is C21H24N2O5S. The largest absolute Gasteiger partial charge is 0.465 e. The van der Waals surface area contributed by atoms with Gasteiger partial charge >= 0.3 is 5.97 Å². The first-order valence-electron chi connectivity index (χ1n) is 9.41. The SMILES string of the molecule is COC(=O)c1c(NC(=O)c2ccccc2[N+](=O)[O-])sc2c1CCC(C(C)(C)C)C2. The van der Waals surface area contributed by atoms with Crippen molar-refractivity contribution in [1.82, 2.24) is 0 Å². The molecule has 1 aromatic carbocycles. The number of fused-ring (bicyclic) bond motifs is 1. The zero-order valence-corrected chi connectivity index (χ0v) is 17.7. The van der Waals surface area contributed by atoms with Gasteiger partial charge in [-0.3, -0.25) is 14.9 Å². The fourth-order valence-electron chi connectivity index (χ4n) is 3.73. The number of ether oxygens (including phenoxy) is 1. The number of thiophene rings is 1. The maximum atomic E-state index is 12.8. The number of rotatable bonds is 4. The molecule has 0 bridgehead atoms. The van der Waals surface area contributed by atoms with Gasteiger partial charge in [0.05, 0.1) is 17.6 Å². The molecule has 1 amide bonds. The van der Waals surface area contributed by atoms with Crippen LogP contribution in [0.4, 0.5) is 10.7 Å². The van der Waals surface area contributed by atoms with Gasteiger partial charge in [-0.2, -0.15) is 0 Å². The molecule has 3 rings (SSSR count). The van der Waals surface area contributed by atoms with Crippen molar-refractivity contribution >= 4 is 33.9 Å². The predicted molar refractivity (Wildman–Crippen MR) is 112 cm³/mol. The highest BCUT2D eigenvalue weighted by molar-refractivity contribution is 7.17. The van der Waals surface area contributed by atoms with Crippen LogP contribution in [0.1, 0.15) is 58.3 Å². The topological polar surface area (TPSA) is 98.5 Å². The van der Waals surface area contributed by atoms with Gasteiger partial charge in [-0.15, -0.1) is 11.3 Å². The van der Waals surface area contributed by atoms with Crippen LogP contribution in [0.15, 0.2) is 24.3 Å². The van der Waals surface area contributed by atoms with E-state index in [1.54, 1.807) is 6.07 Å². The van der Waals surface area contributed by atoms with Gasteiger partial charge in [0.2, 0.25) is 0 Å². The number of methoxy groups -OCH3 is 1. The molecule has 0 spiro atoms. The van der Waals surface area contributed by atoms with Crippen molar-refractivity contribution in [1.29, 1.82) is 0 Å². The Kier molecular flexibility index (Phi) is 5.75. The maximum absolute atomic E-state index is 12.8. The number of carbonyl (C=O) groups is 2. The summed E-state index contributed by atoms with van der Waals surface area (Å²) in [6.07, 6.45) is 2.52. The van der Waals surface area contributed by atoms with Gasteiger partial charge in [-0.1, -0.05) is 32.9 Å². The molecule has 7 nitrogen and oxygen atoms in total. The zero-order chi connectivity index (χ0) is 21.3. The van der Waals surface area contributed by atoms with E-state index in [2.05, 4.69) is 26.1 Å². The number of esters is 1. The molecular weight excluding hydrogens is 392 g/mol. The second-order valence-corrected chi connectivity index (χ2v) is 9.34. The number of hydrogen-bond donors (Lipinski definition) is 1. The molecule has 0 saturated carbocycles. The van der Waals surface area contributed by atoms with Gasteiger partial charge in [-0.25, -0.2) is 4.79 Å². The molecule has 0 fully saturated rings. The van der Waals surface area contributed by atoms with Crippen LogP contribution in [-0.2, 0) is 17.6 Å². The summed E-state index contributed by atoms with van der Waals surface area (Å²) in [5.41, 5.74) is 1.10. The van der Waals surface area contributed by atoms with E-state index in [9.17, 15) is 19.7 Å². The highest BCUT2D eigenvalue weighted by Crippen LogP contribution is 2.44. The first kappa shape index (κ1) is 21.0. The predicted octanol–water partition coefficient (Wildman–Crippen LogP) is 4.85. The molecule has 1 aliphatic rings. The van der Waals surface area contributed by atoms with Crippen molar-refractivity contribution in [3.8, 4) is 0 Å². The van der Waals surface area contributed by atoms with Crippen molar-refractivity contribution in [2.45, 2.75) is 40.0 Å². The molecule has 2 aromatic rings. The van der Waals surface area contributed by atoms with E-state index in [1.807, 2.05) is 0 Å². The zero-order valence-electron chi connectivity index (χ0n) is 16.9. The maximum Gasteiger partial charge on any atom is 0.341 e. The summed E-state index contributed by atoms with van der Waals surface area (Å²) in [5.74, 6) is -0.652. The summed E-state index contributed by atoms with van der Waals surface area (Å²) in [5, 5.41) is 14.4. The molecule has 0 aliphatic heterocycles. The van der Waals surface area contributed by atoms with Gasteiger partial charge < -0.3 is 10.1 Å². The summed E-state index contributed by atoms with van der Waals surface area (Å²) in [4.78, 5) is 37.0. The van der Waals surface area contributed by atoms with E-state index in [0.29, 0.717) is 16.5 Å². The van der Waals surface area contributed by atoms with Crippen LogP contribution in [0.3, 0.4) is 0 Å². The van der Waals surface area contributed by atoms with Crippen LogP contribution < -0.4 is 5.32 Å². The Bertz CT molecular complexity index is 974. The molecule has 1 heterocycles. The lowest BCUT2D eigenvalue weighted by Crippen LogP contribution is -2.26. The molecule has 1 aromatic heterocycles. The Labute approximate surface area is 173 Å². The second kappa shape index (κ2) is 7.94. The van der Waals surface area contributed by atoms with Crippen LogP contribution in [-0.4, -0.2) is 23.9 Å². The Hall–Kier alpha value is -2.74. The van der Waals surface area contributed by atoms with Crippen LogP contribution in [0.2, 0.25) is 0 Å². The highest BCUT2D eigenvalue weighted by atomic mass is 32.1. The number of nitrogens with zero attached hydrogens (tertiary/aromatic N) is 1. The van der Waals surface area contributed by atoms with Crippen LogP contribution >= 0.6 is 11.3 Å². The van der Waals surface area contributed by atoms with Gasteiger partial charge in [0.1, 0.15) is 10.6 Å². The minimum absolute atomic E-state index is 0.0488. The quantitative estimate of drug-likeness (QED) is 0.436. The van der Waals surface area contributed by atoms with Crippen molar-refractivity contribution in [3.63, 3.8) is 0 Å². The van der Waals surface area contributed by atoms with E-state index in [-0.39, 0.29) is 16.7 Å². The van der Waals surface area contributed by atoms with E-state index >= 15 is 0 Å². The molecule has 1 N–H and O–H groups in total. The summed E-state index contributed by atoms with van der Waals surface area (Å²) >= 11 is 1.36. The lowest BCUT2D eigenvalue weighted by molar-refractivity contribution is -0.385. The van der Waals surface area contributed by atoms with Gasteiger partial charge in [0, 0.05) is 10.9 Å². The minimum atomic E-state index is -0.617. The summed E-state index contributed by atoms with van der Waals surface area (Å²) in [7, 11) is 1.31. The highest BCUT2D eigenvalue weighted by Gasteiger charge is 2.34. The summed E-state index contributed by atoms with van der Waals surface area (Å²) < 4.78 is 4.95. The first-order chi connectivity index (χ1) is 13.6. The number of nitro benzene ring substituents is 1. The number of anilines is 1. The third kappa shape index (κ3) is 4.17. The Morgan fingerprint density at radius 2 is 1.97 bits per heavy atom. The molecule has 154 valence electrons. The number of nitro groups is 1. The van der Waals surface area contributed by atoms with E-state index in [4.69, 9.17) is 4.74 Å². The third-order valence-corrected chi connectivity index (χ3v) is 6.62. The van der Waals surface area contributed by atoms with Crippen molar-refractivity contribution in [3.05, 3.63) is 55.9 Å². The Balaban J connectivity index is 1.98. The lowest BCUT2D eigenvalue weighted by Gasteiger charge is -2.33. The smallest absolute Gasteiger partial charge is 0.341 e. The summed E-state index contributed by atoms with van der Waals surface area (Å²) in [6.45, 7) is 6.61. The molecule has 29 heavy (non-hydrogen) atoms. The monoisotopic (exact) mass is 416 g/mol. The molecule has 8 heteroatoms. The normalized spacial score (nSPS) is 16.1. The van der Waals surface area contributed by atoms with Gasteiger partial charge in [0.25, 0.3) is 11.6 Å². The number of nitrogens with one attached hydrogen (secondary N) is 1. The molecule has 0 saturated heterocycles. The first-order valence-corrected chi connectivity index (χ1v) is 10.2. The molecule has 1 aliphatic carbocycles. The number of benzene rings is 1. The van der Waals surface area contributed by atoms with Crippen molar-refractivity contribution in [2.75, 3.05) is 12.4 Å². The Morgan fingerprint density at radius 3 is 2.59 bits per heavy atom. The fourth-order valence-corrected chi connectivity index (χ4v) is 5.04. The lowest BCUT2D eigenvalue weighted by atomic mass is 9.72. The van der Waals surface area contributed by atoms with Crippen LogP contribution in [0, 0.1) is 21.4 Å². The van der Waals surface area contributed by atoms with Gasteiger partial charge in [0.15, 0.2) is 0 Å². The third-order valence-electron chi connectivity index (χ3n) is 5.45. The van der Waals surface area contributed by atoms with E-state index < -0.39 is 16.8 Å². The summed E-state index contributed by atoms with van der Waals surface area (Å²) in [6, 6.07) is 5.75. The number of carbonyl (C=O) groups excluding carboxylic acids is 2. The molecule has 0 radical (unpaired) electrons. The van der Waals surface area contributed by atoms with E-state index in [1.165, 1.54) is 36.6 Å². The fraction of sp³-hybridized carbons (Fsp3) is 0.429. The minimum Gasteiger partial charge on any atom is -0.465 e. The number of para-hydroxylation sites is 1. The number of hydrogen-bond acceptors (Lipinski definition) is 6. The standard InChI is InChI=1S/C21H24N2O5S/c1-21(2,3)12-9-10-14-16(11-12)29-19(17(14)20(25)28-4)22-18(24)13-7-5-6-8-15(13)23(26)27/h5-8,12H,9-11H2,1-4H3,(H,22,24).